The molecule has 5 fully saturated rings. The molecule has 318 valence electrons. The predicted molar refractivity (Wildman–Crippen MR) is 198 cm³/mol. The van der Waals surface area contributed by atoms with E-state index in [-0.39, 0.29) is 35.7 Å². The Kier molecular flexibility index (Phi) is 13.9. The minimum Gasteiger partial charge on any atom is -0.394 e. The van der Waals surface area contributed by atoms with E-state index < -0.39 is 97.8 Å². The second-order valence-corrected chi connectivity index (χ2v) is 18.6. The standard InChI is InChI=1S/C41H70O14/c1-19(2)9-8-10-20(3)29-26(52-39-34(49)37(51-7)31(46)27(17-42)53-39)16-23-28-22(12-14-41(23,29)5)40(4)13-11-21(43)15-24(40)30(45)36(28)55-38-33(48)32(47)35(54-38)25(44)18-50-6/h19-22,24-27,29-39,42-49H,8-18H2,1-7H3/t20-,21-,22+,24-,25-,26-,27-,29+,30+,31+,32-,33-,34-,35+,36-,37+,38+,39-,40-,41+/m1/s1. The first-order valence-corrected chi connectivity index (χ1v) is 20.8. The van der Waals surface area contributed by atoms with Gasteiger partial charge in [-0.15, -0.1) is 0 Å². The second kappa shape index (κ2) is 17.4. The second-order valence-electron chi connectivity index (χ2n) is 18.6. The van der Waals surface area contributed by atoms with Gasteiger partial charge in [0, 0.05) is 14.2 Å². The van der Waals surface area contributed by atoms with Crippen molar-refractivity contribution in [3.05, 3.63) is 11.1 Å². The van der Waals surface area contributed by atoms with Crippen molar-refractivity contribution in [2.45, 2.75) is 178 Å². The van der Waals surface area contributed by atoms with Gasteiger partial charge in [-0.05, 0) is 84.5 Å². The number of ether oxygens (including phenoxy) is 6. The lowest BCUT2D eigenvalue weighted by Crippen LogP contribution is -2.60. The Balaban J connectivity index is 1.42. The van der Waals surface area contributed by atoms with Crippen LogP contribution in [0.2, 0.25) is 0 Å². The van der Waals surface area contributed by atoms with Crippen molar-refractivity contribution in [1.82, 2.24) is 0 Å². The number of hydrogen-bond donors (Lipinski definition) is 8. The molecule has 0 unspecified atom stereocenters. The van der Waals surface area contributed by atoms with Crippen molar-refractivity contribution in [2.24, 2.45) is 40.4 Å². The Labute approximate surface area is 326 Å². The molecule has 14 heteroatoms. The molecule has 0 aromatic heterocycles. The van der Waals surface area contributed by atoms with Crippen LogP contribution < -0.4 is 0 Å². The molecule has 0 bridgehead atoms. The zero-order chi connectivity index (χ0) is 40.1. The lowest BCUT2D eigenvalue weighted by Gasteiger charge is -2.60. The number of aliphatic hydroxyl groups excluding tert-OH is 8. The van der Waals surface area contributed by atoms with Crippen molar-refractivity contribution >= 4 is 0 Å². The highest BCUT2D eigenvalue weighted by molar-refractivity contribution is 5.40. The van der Waals surface area contributed by atoms with Crippen LogP contribution in [0.5, 0.6) is 0 Å². The van der Waals surface area contributed by atoms with Gasteiger partial charge in [-0.25, -0.2) is 0 Å². The molecule has 2 aliphatic heterocycles. The molecule has 14 nitrogen and oxygen atoms in total. The fourth-order valence-corrected chi connectivity index (χ4v) is 11.9. The molecule has 0 aromatic carbocycles. The summed E-state index contributed by atoms with van der Waals surface area (Å²) in [6.45, 7) is 10.6. The third kappa shape index (κ3) is 7.97. The summed E-state index contributed by atoms with van der Waals surface area (Å²) < 4.78 is 36.1. The SMILES string of the molecule is COC[C@@H](O)[C@@H]1O[C@@H](O[C@@H]2C3=C4C[C@@H](O[C@@H]5O[C@H](CO)[C@H](O)[C@H](OC)[C@H]5O)[C@H]([C@H](C)CCCC(C)C)[C@@]4(C)CC[C@@H]3[C@@]3(C)CC[C@@H](O)C[C@@H]3[C@@H]2O)[C@H](O)[C@H]1O. The van der Waals surface area contributed by atoms with E-state index in [1.165, 1.54) is 14.2 Å². The van der Waals surface area contributed by atoms with Gasteiger partial charge in [-0.3, -0.25) is 0 Å². The molecule has 2 heterocycles. The average molecular weight is 787 g/mol. The molecule has 8 N–H and O–H groups in total. The van der Waals surface area contributed by atoms with E-state index >= 15 is 0 Å². The van der Waals surface area contributed by atoms with Crippen LogP contribution in [0.1, 0.15) is 92.4 Å². The molecule has 55 heavy (non-hydrogen) atoms. The van der Waals surface area contributed by atoms with Gasteiger partial charge in [0.25, 0.3) is 0 Å². The third-order valence-electron chi connectivity index (χ3n) is 14.8. The van der Waals surface area contributed by atoms with Gasteiger partial charge in [0.15, 0.2) is 12.6 Å². The number of methoxy groups -OCH3 is 2. The average Bonchev–Trinajstić information content (AvgIpc) is 3.59. The van der Waals surface area contributed by atoms with Crippen molar-refractivity contribution in [2.75, 3.05) is 27.4 Å². The molecule has 20 atom stereocenters. The van der Waals surface area contributed by atoms with Gasteiger partial charge in [0.2, 0.25) is 0 Å². The molecule has 0 amide bonds. The molecular weight excluding hydrogens is 716 g/mol. The lowest BCUT2D eigenvalue weighted by atomic mass is 9.47. The first-order chi connectivity index (χ1) is 26.0. The minimum absolute atomic E-state index is 0.0289. The Morgan fingerprint density at radius 2 is 1.55 bits per heavy atom. The van der Waals surface area contributed by atoms with E-state index in [2.05, 4.69) is 34.6 Å². The van der Waals surface area contributed by atoms with Crippen LogP contribution in [0.15, 0.2) is 11.1 Å². The molecule has 4 aliphatic carbocycles. The summed E-state index contributed by atoms with van der Waals surface area (Å²) in [6, 6.07) is 0. The molecule has 6 rings (SSSR count). The van der Waals surface area contributed by atoms with Crippen molar-refractivity contribution in [1.29, 1.82) is 0 Å². The van der Waals surface area contributed by atoms with Gasteiger partial charge in [-0.2, -0.15) is 0 Å². The van der Waals surface area contributed by atoms with Crippen LogP contribution in [-0.4, -0.2) is 154 Å². The van der Waals surface area contributed by atoms with Crippen LogP contribution in [0.3, 0.4) is 0 Å². The van der Waals surface area contributed by atoms with Crippen LogP contribution in [0.4, 0.5) is 0 Å². The number of fused-ring (bicyclic) bond motifs is 4. The maximum atomic E-state index is 12.4. The number of rotatable bonds is 14. The number of hydrogen-bond acceptors (Lipinski definition) is 14. The number of aliphatic hydroxyl groups is 8. The summed E-state index contributed by atoms with van der Waals surface area (Å²) in [5.41, 5.74) is 1.26. The smallest absolute Gasteiger partial charge is 0.187 e. The Morgan fingerprint density at radius 3 is 2.20 bits per heavy atom. The van der Waals surface area contributed by atoms with Crippen LogP contribution in [-0.2, 0) is 28.4 Å². The zero-order valence-corrected chi connectivity index (χ0v) is 33.8. The van der Waals surface area contributed by atoms with Crippen molar-refractivity contribution in [3.63, 3.8) is 0 Å². The van der Waals surface area contributed by atoms with Gasteiger partial charge in [0.1, 0.15) is 54.9 Å². The third-order valence-corrected chi connectivity index (χ3v) is 14.8. The summed E-state index contributed by atoms with van der Waals surface area (Å²) in [4.78, 5) is 0. The van der Waals surface area contributed by atoms with Gasteiger partial charge < -0.3 is 69.3 Å². The lowest BCUT2D eigenvalue weighted by molar-refractivity contribution is -0.318. The van der Waals surface area contributed by atoms with E-state index in [0.29, 0.717) is 31.6 Å². The highest BCUT2D eigenvalue weighted by atomic mass is 16.7. The normalized spacial score (nSPS) is 48.4. The Hall–Kier alpha value is -0.820. The van der Waals surface area contributed by atoms with E-state index in [9.17, 15) is 40.9 Å². The Morgan fingerprint density at radius 1 is 0.836 bits per heavy atom. The highest BCUT2D eigenvalue weighted by Crippen LogP contribution is 2.67. The first kappa shape index (κ1) is 43.8. The fraction of sp³-hybridized carbons (Fsp3) is 0.951. The molecule has 6 aliphatic rings. The monoisotopic (exact) mass is 786 g/mol. The molecule has 2 saturated heterocycles. The summed E-state index contributed by atoms with van der Waals surface area (Å²) in [5, 5.41) is 88.3. The van der Waals surface area contributed by atoms with E-state index in [1.807, 2.05) is 0 Å². The summed E-state index contributed by atoms with van der Waals surface area (Å²) in [7, 11) is 2.81. The largest absolute Gasteiger partial charge is 0.394 e. The first-order valence-electron chi connectivity index (χ1n) is 20.8. The molecule has 0 aromatic rings. The summed E-state index contributed by atoms with van der Waals surface area (Å²) in [6.07, 6.45) is -8.71. The van der Waals surface area contributed by atoms with Crippen molar-refractivity contribution < 1.29 is 69.3 Å². The van der Waals surface area contributed by atoms with Crippen LogP contribution >= 0.6 is 0 Å². The van der Waals surface area contributed by atoms with Crippen molar-refractivity contribution in [3.8, 4) is 0 Å². The highest BCUT2D eigenvalue weighted by Gasteiger charge is 2.64. The Bertz CT molecular complexity index is 1320. The minimum atomic E-state index is -1.50. The van der Waals surface area contributed by atoms with Gasteiger partial charge in [-0.1, -0.05) is 59.5 Å². The van der Waals surface area contributed by atoms with E-state index in [1.54, 1.807) is 0 Å². The molecule has 0 spiro atoms. The van der Waals surface area contributed by atoms with Gasteiger partial charge >= 0.3 is 0 Å². The summed E-state index contributed by atoms with van der Waals surface area (Å²) >= 11 is 0. The zero-order valence-electron chi connectivity index (χ0n) is 33.8. The van der Waals surface area contributed by atoms with E-state index in [4.69, 9.17) is 28.4 Å². The van der Waals surface area contributed by atoms with Crippen LogP contribution in [0.25, 0.3) is 0 Å². The predicted octanol–water partition coefficient (Wildman–Crippen LogP) is 1.40. The fourth-order valence-electron chi connectivity index (χ4n) is 11.9. The maximum Gasteiger partial charge on any atom is 0.187 e. The summed E-state index contributed by atoms with van der Waals surface area (Å²) in [5.74, 6) is 0.353. The quantitative estimate of drug-likeness (QED) is 0.117. The maximum absolute atomic E-state index is 12.4. The van der Waals surface area contributed by atoms with Crippen LogP contribution in [0, 0.1) is 40.4 Å². The molecule has 0 radical (unpaired) electrons. The molecule has 3 saturated carbocycles. The van der Waals surface area contributed by atoms with Gasteiger partial charge in [0.05, 0.1) is 31.5 Å². The topological polar surface area (TPSA) is 217 Å². The van der Waals surface area contributed by atoms with E-state index in [0.717, 1.165) is 43.3 Å². The molecular formula is C41H70O14.